The summed E-state index contributed by atoms with van der Waals surface area (Å²) in [6.45, 7) is 10.7. The summed E-state index contributed by atoms with van der Waals surface area (Å²) in [5, 5.41) is 20.6. The number of carbonyl (C=O) groups excluding carboxylic acids is 1. The first-order chi connectivity index (χ1) is 12.2. The average Bonchev–Trinajstić information content (AvgIpc) is 2.84. The van der Waals surface area contributed by atoms with E-state index in [0.29, 0.717) is 35.7 Å². The van der Waals surface area contributed by atoms with Gasteiger partial charge in [-0.05, 0) is 86.0 Å². The van der Waals surface area contributed by atoms with Crippen molar-refractivity contribution in [2.75, 3.05) is 0 Å². The summed E-state index contributed by atoms with van der Waals surface area (Å²) in [5.74, 6) is 1.80. The summed E-state index contributed by atoms with van der Waals surface area (Å²) in [6.07, 6.45) is 10.5. The normalized spacial score (nSPS) is 52.1. The fourth-order valence-corrected chi connectivity index (χ4v) is 7.19. The Bertz CT molecular complexity index is 715. The van der Waals surface area contributed by atoms with Gasteiger partial charge >= 0.3 is 0 Å². The maximum Gasteiger partial charge on any atom is 0.184 e. The first-order valence-electron chi connectivity index (χ1n) is 10.1. The van der Waals surface area contributed by atoms with E-state index in [1.54, 1.807) is 6.08 Å². The van der Waals surface area contributed by atoms with Gasteiger partial charge in [-0.25, -0.2) is 0 Å². The third-order valence-electron chi connectivity index (χ3n) is 9.03. The van der Waals surface area contributed by atoms with Crippen LogP contribution in [0, 0.1) is 34.5 Å². The minimum Gasteiger partial charge on any atom is -0.515 e. The zero-order chi connectivity index (χ0) is 18.9. The molecule has 4 aliphatic rings. The molecular formula is C23H32O3. The number of fused-ring (bicyclic) bond motifs is 5. The van der Waals surface area contributed by atoms with E-state index in [-0.39, 0.29) is 16.6 Å². The molecule has 0 aromatic rings. The van der Waals surface area contributed by atoms with Crippen LogP contribution in [-0.2, 0) is 4.79 Å². The van der Waals surface area contributed by atoms with E-state index in [4.69, 9.17) is 0 Å². The van der Waals surface area contributed by atoms with Gasteiger partial charge in [0.05, 0.1) is 11.9 Å². The Balaban J connectivity index is 1.80. The number of carbonyl (C=O) groups is 1. The summed E-state index contributed by atoms with van der Waals surface area (Å²) < 4.78 is 0. The fourth-order valence-electron chi connectivity index (χ4n) is 7.19. The largest absolute Gasteiger partial charge is 0.515 e. The molecule has 3 saturated carbocycles. The lowest BCUT2D eigenvalue weighted by atomic mass is 9.44. The molecule has 3 heteroatoms. The van der Waals surface area contributed by atoms with E-state index in [2.05, 4.69) is 26.5 Å². The van der Waals surface area contributed by atoms with Crippen molar-refractivity contribution in [3.05, 3.63) is 36.1 Å². The molecule has 3 fully saturated rings. The van der Waals surface area contributed by atoms with Crippen LogP contribution in [0.1, 0.15) is 59.3 Å². The molecule has 2 unspecified atom stereocenters. The Labute approximate surface area is 156 Å². The Morgan fingerprint density at radius 3 is 2.54 bits per heavy atom. The van der Waals surface area contributed by atoms with Crippen molar-refractivity contribution >= 4 is 5.78 Å². The summed E-state index contributed by atoms with van der Waals surface area (Å²) in [5.41, 5.74) is 1.09. The lowest BCUT2D eigenvalue weighted by molar-refractivity contribution is -0.127. The van der Waals surface area contributed by atoms with Gasteiger partial charge in [0.15, 0.2) is 5.78 Å². The van der Waals surface area contributed by atoms with Gasteiger partial charge in [0.1, 0.15) is 0 Å². The molecule has 0 aliphatic heterocycles. The minimum absolute atomic E-state index is 0.0346. The van der Waals surface area contributed by atoms with Gasteiger partial charge in [-0.15, -0.1) is 6.58 Å². The second-order valence-corrected chi connectivity index (χ2v) is 9.95. The molecule has 142 valence electrons. The van der Waals surface area contributed by atoms with Crippen molar-refractivity contribution in [2.45, 2.75) is 64.9 Å². The number of ketones is 1. The maximum atomic E-state index is 12.3. The molecular weight excluding hydrogens is 324 g/mol. The van der Waals surface area contributed by atoms with Crippen molar-refractivity contribution in [3.8, 4) is 0 Å². The molecule has 0 aromatic carbocycles. The van der Waals surface area contributed by atoms with E-state index in [1.807, 2.05) is 6.92 Å². The number of allylic oxidation sites excluding steroid dienone is 3. The zero-order valence-electron chi connectivity index (χ0n) is 16.3. The number of aliphatic hydroxyl groups excluding tert-OH is 1. The van der Waals surface area contributed by atoms with E-state index < -0.39 is 5.60 Å². The molecule has 0 bridgehead atoms. The summed E-state index contributed by atoms with van der Waals surface area (Å²) in [6, 6.07) is 0. The maximum absolute atomic E-state index is 12.3. The Kier molecular flexibility index (Phi) is 3.87. The molecule has 26 heavy (non-hydrogen) atoms. The molecule has 0 saturated heterocycles. The van der Waals surface area contributed by atoms with Crippen molar-refractivity contribution in [1.82, 2.24) is 0 Å². The molecule has 7 atom stereocenters. The Morgan fingerprint density at radius 2 is 1.88 bits per heavy atom. The molecule has 0 radical (unpaired) electrons. The van der Waals surface area contributed by atoms with Crippen LogP contribution in [0.5, 0.6) is 0 Å². The van der Waals surface area contributed by atoms with Crippen LogP contribution in [0.15, 0.2) is 36.1 Å². The van der Waals surface area contributed by atoms with Gasteiger partial charge in [-0.1, -0.05) is 25.5 Å². The van der Waals surface area contributed by atoms with Crippen LogP contribution >= 0.6 is 0 Å². The second-order valence-electron chi connectivity index (χ2n) is 9.95. The van der Waals surface area contributed by atoms with Crippen molar-refractivity contribution in [1.29, 1.82) is 0 Å². The third-order valence-corrected chi connectivity index (χ3v) is 9.03. The van der Waals surface area contributed by atoms with Gasteiger partial charge in [-0.3, -0.25) is 4.79 Å². The molecule has 0 amide bonds. The SMILES string of the molecule is C=CC1CC2=CC(=O)C(=CO)C[C@]2(C)[C@@H]2CC[C@@]3(C)[C@@H](CCC3(C)O)[C@H]12. The van der Waals surface area contributed by atoms with Crippen molar-refractivity contribution in [2.24, 2.45) is 34.5 Å². The third kappa shape index (κ3) is 2.13. The van der Waals surface area contributed by atoms with E-state index >= 15 is 0 Å². The zero-order valence-corrected chi connectivity index (χ0v) is 16.3. The van der Waals surface area contributed by atoms with Gasteiger partial charge < -0.3 is 10.2 Å². The van der Waals surface area contributed by atoms with E-state index in [9.17, 15) is 15.0 Å². The Hall–Kier alpha value is -1.35. The Morgan fingerprint density at radius 1 is 1.19 bits per heavy atom. The van der Waals surface area contributed by atoms with Crippen molar-refractivity contribution in [3.63, 3.8) is 0 Å². The van der Waals surface area contributed by atoms with E-state index in [0.717, 1.165) is 38.4 Å². The predicted octanol–water partition coefficient (Wildman–Crippen LogP) is 4.73. The van der Waals surface area contributed by atoms with Crippen LogP contribution in [0.3, 0.4) is 0 Å². The first-order valence-corrected chi connectivity index (χ1v) is 10.1. The number of aliphatic hydroxyl groups is 2. The lowest BCUT2D eigenvalue weighted by Gasteiger charge is -2.60. The van der Waals surface area contributed by atoms with Crippen LogP contribution in [0.4, 0.5) is 0 Å². The highest BCUT2D eigenvalue weighted by atomic mass is 16.3. The van der Waals surface area contributed by atoms with Crippen LogP contribution in [0.2, 0.25) is 0 Å². The monoisotopic (exact) mass is 356 g/mol. The predicted molar refractivity (Wildman–Crippen MR) is 102 cm³/mol. The van der Waals surface area contributed by atoms with Crippen LogP contribution in [0.25, 0.3) is 0 Å². The highest BCUT2D eigenvalue weighted by molar-refractivity contribution is 6.05. The molecule has 3 nitrogen and oxygen atoms in total. The minimum atomic E-state index is -0.593. The first kappa shape index (κ1) is 18.0. The number of rotatable bonds is 1. The lowest BCUT2D eigenvalue weighted by Crippen LogP contribution is -2.56. The molecule has 0 aromatic heterocycles. The standard InChI is InChI=1S/C23H32O3/c1-5-14-10-16-11-19(25)15(13-24)12-21(16,2)17-6-8-22(3)18(20(14)17)7-9-23(22,4)26/h5,11,13-14,17-18,20,24,26H,1,6-10,12H2,2-4H3/t14?,17-,18+,20-,21+,22+,23?/m1/s1. The highest BCUT2D eigenvalue weighted by Crippen LogP contribution is 2.68. The van der Waals surface area contributed by atoms with Crippen molar-refractivity contribution < 1.29 is 15.0 Å². The van der Waals surface area contributed by atoms with E-state index in [1.165, 1.54) is 5.57 Å². The number of hydrogen-bond acceptors (Lipinski definition) is 3. The van der Waals surface area contributed by atoms with Gasteiger partial charge in [0, 0.05) is 5.57 Å². The van der Waals surface area contributed by atoms with Gasteiger partial charge in [0.25, 0.3) is 0 Å². The molecule has 0 heterocycles. The van der Waals surface area contributed by atoms with Gasteiger partial charge in [0.2, 0.25) is 0 Å². The topological polar surface area (TPSA) is 57.5 Å². The quantitative estimate of drug-likeness (QED) is 0.405. The van der Waals surface area contributed by atoms with Crippen LogP contribution < -0.4 is 0 Å². The summed E-state index contributed by atoms with van der Waals surface area (Å²) in [4.78, 5) is 12.3. The summed E-state index contributed by atoms with van der Waals surface area (Å²) >= 11 is 0. The average molecular weight is 357 g/mol. The highest BCUT2D eigenvalue weighted by Gasteiger charge is 2.64. The number of hydrogen-bond donors (Lipinski definition) is 2. The summed E-state index contributed by atoms with van der Waals surface area (Å²) in [7, 11) is 0. The smallest absolute Gasteiger partial charge is 0.184 e. The molecule has 0 spiro atoms. The van der Waals surface area contributed by atoms with Crippen LogP contribution in [-0.4, -0.2) is 21.6 Å². The second kappa shape index (κ2) is 5.58. The molecule has 4 rings (SSSR count). The molecule has 4 aliphatic carbocycles. The fraction of sp³-hybridized carbons (Fsp3) is 0.696. The van der Waals surface area contributed by atoms with Gasteiger partial charge in [-0.2, -0.15) is 0 Å². The molecule has 2 N–H and O–H groups in total.